The lowest BCUT2D eigenvalue weighted by Gasteiger charge is -2.34. The summed E-state index contributed by atoms with van der Waals surface area (Å²) in [6.07, 6.45) is 3.53. The van der Waals surface area contributed by atoms with E-state index in [4.69, 9.17) is 0 Å². The molecule has 0 saturated heterocycles. The molecular weight excluding hydrogens is 354 g/mol. The minimum atomic E-state index is -0.0474. The van der Waals surface area contributed by atoms with Crippen LogP contribution < -0.4 is 10.9 Å². The maximum atomic E-state index is 12.2. The number of carbonyl (C=O) groups excluding carboxylic acids is 1. The molecule has 3 unspecified atom stereocenters. The second-order valence-corrected chi connectivity index (χ2v) is 8.84. The van der Waals surface area contributed by atoms with E-state index in [1.165, 1.54) is 35.9 Å². The lowest BCUT2D eigenvalue weighted by atomic mass is 9.78. The summed E-state index contributed by atoms with van der Waals surface area (Å²) < 4.78 is 1.62. The van der Waals surface area contributed by atoms with Crippen LogP contribution in [0.5, 0.6) is 0 Å². The summed E-state index contributed by atoms with van der Waals surface area (Å²) in [5.74, 6) is 2.27. The average molecular weight is 380 g/mol. The summed E-state index contributed by atoms with van der Waals surface area (Å²) in [5.41, 5.74) is 1.60. The molecule has 1 fully saturated rings. The van der Waals surface area contributed by atoms with Crippen molar-refractivity contribution in [3.8, 4) is 0 Å². The second kappa shape index (κ2) is 7.91. The molecule has 1 aliphatic rings. The van der Waals surface area contributed by atoms with Gasteiger partial charge in [-0.05, 0) is 25.2 Å². The maximum Gasteiger partial charge on any atom is 0.258 e. The van der Waals surface area contributed by atoms with E-state index in [9.17, 15) is 9.59 Å². The van der Waals surface area contributed by atoms with Gasteiger partial charge in [0.15, 0.2) is 4.96 Å². The zero-order valence-corrected chi connectivity index (χ0v) is 16.6. The number of thiazole rings is 1. The molecule has 1 aliphatic carbocycles. The van der Waals surface area contributed by atoms with Gasteiger partial charge in [-0.1, -0.05) is 26.7 Å². The van der Waals surface area contributed by atoms with Gasteiger partial charge in [-0.15, -0.1) is 23.1 Å². The molecule has 5 nitrogen and oxygen atoms in total. The van der Waals surface area contributed by atoms with Gasteiger partial charge < -0.3 is 5.32 Å². The molecule has 2 aromatic rings. The summed E-state index contributed by atoms with van der Waals surface area (Å²) in [7, 11) is 0. The minimum absolute atomic E-state index is 0.0474. The van der Waals surface area contributed by atoms with Crippen LogP contribution in [0.4, 0.5) is 0 Å². The van der Waals surface area contributed by atoms with Crippen molar-refractivity contribution < 1.29 is 4.79 Å². The third-order valence-corrected chi connectivity index (χ3v) is 7.07. The van der Waals surface area contributed by atoms with Crippen LogP contribution in [0, 0.1) is 18.8 Å². The molecule has 1 N–H and O–H groups in total. The van der Waals surface area contributed by atoms with Gasteiger partial charge in [0.2, 0.25) is 5.91 Å². The molecule has 3 rings (SSSR count). The van der Waals surface area contributed by atoms with Gasteiger partial charge in [-0.3, -0.25) is 14.0 Å². The SMILES string of the molecule is Cc1csc2nc(CSCC(=O)NC3CCCC(C)C3C)cc(=O)n12. The highest BCUT2D eigenvalue weighted by Crippen LogP contribution is 2.29. The van der Waals surface area contributed by atoms with Crippen molar-refractivity contribution in [2.45, 2.75) is 51.8 Å². The number of thioether (sulfide) groups is 1. The Labute approximate surface area is 156 Å². The van der Waals surface area contributed by atoms with E-state index >= 15 is 0 Å². The zero-order chi connectivity index (χ0) is 18.0. The highest BCUT2D eigenvalue weighted by atomic mass is 32.2. The number of rotatable bonds is 5. The molecule has 7 heteroatoms. The van der Waals surface area contributed by atoms with Gasteiger partial charge in [0.25, 0.3) is 5.56 Å². The predicted octanol–water partition coefficient (Wildman–Crippen LogP) is 3.24. The van der Waals surface area contributed by atoms with Crippen molar-refractivity contribution in [1.29, 1.82) is 0 Å². The summed E-state index contributed by atoms with van der Waals surface area (Å²) in [6, 6.07) is 1.87. The predicted molar refractivity (Wildman–Crippen MR) is 104 cm³/mol. The first-order valence-corrected chi connectivity index (χ1v) is 10.8. The number of carbonyl (C=O) groups is 1. The van der Waals surface area contributed by atoms with Crippen molar-refractivity contribution in [1.82, 2.24) is 14.7 Å². The number of nitrogens with zero attached hydrogens (tertiary/aromatic N) is 2. The number of hydrogen-bond donors (Lipinski definition) is 1. The van der Waals surface area contributed by atoms with E-state index < -0.39 is 0 Å². The van der Waals surface area contributed by atoms with Gasteiger partial charge in [0.05, 0.1) is 11.4 Å². The number of amides is 1. The Morgan fingerprint density at radius 3 is 3.04 bits per heavy atom. The lowest BCUT2D eigenvalue weighted by Crippen LogP contribution is -2.44. The van der Waals surface area contributed by atoms with Gasteiger partial charge in [-0.2, -0.15) is 0 Å². The molecule has 0 radical (unpaired) electrons. The maximum absolute atomic E-state index is 12.2. The normalized spacial score (nSPS) is 23.7. The summed E-state index contributed by atoms with van der Waals surface area (Å²) in [6.45, 7) is 6.40. The van der Waals surface area contributed by atoms with E-state index in [0.29, 0.717) is 29.4 Å². The molecule has 136 valence electrons. The lowest BCUT2D eigenvalue weighted by molar-refractivity contribution is -0.119. The number of hydrogen-bond acceptors (Lipinski definition) is 5. The van der Waals surface area contributed by atoms with Crippen molar-refractivity contribution in [2.24, 2.45) is 11.8 Å². The van der Waals surface area contributed by atoms with Crippen LogP contribution in [0.2, 0.25) is 0 Å². The first-order valence-electron chi connectivity index (χ1n) is 8.79. The average Bonchev–Trinajstić information content (AvgIpc) is 2.93. The molecule has 0 aromatic carbocycles. The Bertz CT molecular complexity index is 814. The van der Waals surface area contributed by atoms with E-state index in [1.807, 2.05) is 12.3 Å². The third-order valence-electron chi connectivity index (χ3n) is 5.16. The smallest absolute Gasteiger partial charge is 0.258 e. The molecule has 1 amide bonds. The van der Waals surface area contributed by atoms with Crippen LogP contribution in [-0.4, -0.2) is 27.1 Å². The molecule has 2 aromatic heterocycles. The standard InChI is InChI=1S/C18H25N3O2S2/c1-11-5-4-6-15(13(11)3)20-16(22)10-24-9-14-7-17(23)21-12(2)8-25-18(21)19-14/h7-8,11,13,15H,4-6,9-10H2,1-3H3,(H,20,22). The van der Waals surface area contributed by atoms with Gasteiger partial charge in [0.1, 0.15) is 0 Å². The summed E-state index contributed by atoms with van der Waals surface area (Å²) >= 11 is 2.98. The van der Waals surface area contributed by atoms with Gasteiger partial charge in [-0.25, -0.2) is 4.98 Å². The first-order chi connectivity index (χ1) is 12.0. The number of aromatic nitrogens is 2. The van der Waals surface area contributed by atoms with Crippen LogP contribution in [0.15, 0.2) is 16.2 Å². The Morgan fingerprint density at radius 2 is 2.24 bits per heavy atom. The van der Waals surface area contributed by atoms with Crippen molar-refractivity contribution in [3.05, 3.63) is 33.2 Å². The topological polar surface area (TPSA) is 63.5 Å². The summed E-state index contributed by atoms with van der Waals surface area (Å²) in [5, 5.41) is 5.12. The highest BCUT2D eigenvalue weighted by molar-refractivity contribution is 7.99. The van der Waals surface area contributed by atoms with Crippen molar-refractivity contribution in [3.63, 3.8) is 0 Å². The van der Waals surface area contributed by atoms with Crippen LogP contribution in [0.1, 0.15) is 44.5 Å². The van der Waals surface area contributed by atoms with E-state index in [1.54, 1.807) is 10.5 Å². The molecule has 1 saturated carbocycles. The summed E-state index contributed by atoms with van der Waals surface area (Å²) in [4.78, 5) is 29.6. The fourth-order valence-electron chi connectivity index (χ4n) is 3.46. The number of aryl methyl sites for hydroxylation is 1. The van der Waals surface area contributed by atoms with Crippen LogP contribution in [-0.2, 0) is 10.5 Å². The molecule has 0 bridgehead atoms. The van der Waals surface area contributed by atoms with Gasteiger partial charge >= 0.3 is 0 Å². The Morgan fingerprint density at radius 1 is 1.44 bits per heavy atom. The minimum Gasteiger partial charge on any atom is -0.352 e. The molecular formula is C18H25N3O2S2. The highest BCUT2D eigenvalue weighted by Gasteiger charge is 2.27. The number of nitrogens with one attached hydrogen (secondary N) is 1. The quantitative estimate of drug-likeness (QED) is 0.866. The van der Waals surface area contributed by atoms with Gasteiger partial charge in [0, 0.05) is 28.9 Å². The zero-order valence-electron chi connectivity index (χ0n) is 14.9. The molecule has 3 atom stereocenters. The van der Waals surface area contributed by atoms with E-state index in [2.05, 4.69) is 24.1 Å². The van der Waals surface area contributed by atoms with Crippen LogP contribution in [0.3, 0.4) is 0 Å². The largest absolute Gasteiger partial charge is 0.352 e. The van der Waals surface area contributed by atoms with E-state index in [-0.39, 0.29) is 11.5 Å². The van der Waals surface area contributed by atoms with E-state index in [0.717, 1.165) is 22.8 Å². The fourth-order valence-corrected chi connectivity index (χ4v) is 5.08. The molecule has 25 heavy (non-hydrogen) atoms. The van der Waals surface area contributed by atoms with Crippen molar-refractivity contribution >= 4 is 34.0 Å². The molecule has 0 spiro atoms. The first kappa shape index (κ1) is 18.5. The van der Waals surface area contributed by atoms with Crippen LogP contribution >= 0.6 is 23.1 Å². The number of fused-ring (bicyclic) bond motifs is 1. The molecule has 0 aliphatic heterocycles. The van der Waals surface area contributed by atoms with Crippen molar-refractivity contribution in [2.75, 3.05) is 5.75 Å². The fraction of sp³-hybridized carbons (Fsp3) is 0.611. The second-order valence-electron chi connectivity index (χ2n) is 7.01. The third kappa shape index (κ3) is 4.26. The Hall–Kier alpha value is -1.34. The Balaban J connectivity index is 1.52. The molecule has 2 heterocycles. The monoisotopic (exact) mass is 379 g/mol. The van der Waals surface area contributed by atoms with Crippen LogP contribution in [0.25, 0.3) is 4.96 Å². The Kier molecular flexibility index (Phi) is 5.84.